The van der Waals surface area contributed by atoms with Crippen molar-refractivity contribution in [3.05, 3.63) is 75.9 Å². The van der Waals surface area contributed by atoms with E-state index in [0.717, 1.165) is 0 Å². The van der Waals surface area contributed by atoms with Gasteiger partial charge in [0.05, 0.1) is 40.8 Å². The third-order valence-corrected chi connectivity index (χ3v) is 5.53. The second kappa shape index (κ2) is 10.00. The summed E-state index contributed by atoms with van der Waals surface area (Å²) < 4.78 is 47.1. The standard InChI is InChI=1S/C25H21F3N4O3/c1-4-35-24(34)19-9-17(12-31-14(19)2)13-32-15(3)21(18-7-5-16(10-29)6-8-18)20(11-30)22(32)23(33)25(26,27)28/h5-9,12,23,33H,4,13H2,1-3H3. The van der Waals surface area contributed by atoms with Gasteiger partial charge in [0.25, 0.3) is 0 Å². The van der Waals surface area contributed by atoms with Crippen LogP contribution < -0.4 is 0 Å². The van der Waals surface area contributed by atoms with Gasteiger partial charge in [0.15, 0.2) is 6.10 Å². The molecule has 0 spiro atoms. The Morgan fingerprint density at radius 3 is 2.40 bits per heavy atom. The zero-order valence-electron chi connectivity index (χ0n) is 19.1. The van der Waals surface area contributed by atoms with Gasteiger partial charge < -0.3 is 14.4 Å². The molecule has 1 N–H and O–H groups in total. The number of esters is 1. The van der Waals surface area contributed by atoms with Crippen LogP contribution in [0.4, 0.5) is 13.2 Å². The Hall–Kier alpha value is -4.15. The topological polar surface area (TPSA) is 112 Å². The third kappa shape index (κ3) is 5.03. The zero-order chi connectivity index (χ0) is 25.9. The number of carbonyl (C=O) groups is 1. The summed E-state index contributed by atoms with van der Waals surface area (Å²) in [6.45, 7) is 4.73. The molecule has 10 heteroatoms. The predicted octanol–water partition coefficient (Wildman–Crippen LogP) is 4.73. The molecule has 180 valence electrons. The summed E-state index contributed by atoms with van der Waals surface area (Å²) in [6.07, 6.45) is -6.54. The number of aliphatic hydroxyl groups is 1. The average molecular weight is 482 g/mol. The summed E-state index contributed by atoms with van der Waals surface area (Å²) in [5.74, 6) is -0.616. The van der Waals surface area contributed by atoms with Crippen molar-refractivity contribution in [2.45, 2.75) is 39.6 Å². The molecule has 0 amide bonds. The Labute approximate surface area is 199 Å². The van der Waals surface area contributed by atoms with Crippen molar-refractivity contribution in [1.29, 1.82) is 10.5 Å². The van der Waals surface area contributed by atoms with Gasteiger partial charge in [0.2, 0.25) is 0 Å². The molecule has 3 rings (SSSR count). The SMILES string of the molecule is CCOC(=O)c1cc(Cn2c(C)c(-c3ccc(C#N)cc3)c(C#N)c2C(O)C(F)(F)F)cnc1C. The number of aromatic nitrogens is 2. The molecule has 1 aromatic carbocycles. The van der Waals surface area contributed by atoms with E-state index in [0.29, 0.717) is 28.1 Å². The number of nitriles is 2. The predicted molar refractivity (Wildman–Crippen MR) is 119 cm³/mol. The number of hydrogen-bond donors (Lipinski definition) is 1. The van der Waals surface area contributed by atoms with Crippen LogP contribution in [0.3, 0.4) is 0 Å². The van der Waals surface area contributed by atoms with Crippen molar-refractivity contribution >= 4 is 5.97 Å². The molecular weight excluding hydrogens is 461 g/mol. The third-order valence-electron chi connectivity index (χ3n) is 5.53. The van der Waals surface area contributed by atoms with Gasteiger partial charge in [0, 0.05) is 24.0 Å². The maximum absolute atomic E-state index is 13.6. The van der Waals surface area contributed by atoms with Gasteiger partial charge in [-0.15, -0.1) is 0 Å². The van der Waals surface area contributed by atoms with Gasteiger partial charge in [-0.3, -0.25) is 4.98 Å². The molecule has 0 aliphatic rings. The second-order valence-corrected chi connectivity index (χ2v) is 7.75. The second-order valence-electron chi connectivity index (χ2n) is 7.75. The molecule has 1 atom stereocenters. The first-order valence-corrected chi connectivity index (χ1v) is 10.5. The van der Waals surface area contributed by atoms with Crippen molar-refractivity contribution < 1.29 is 27.8 Å². The van der Waals surface area contributed by atoms with E-state index in [1.165, 1.54) is 48.0 Å². The summed E-state index contributed by atoms with van der Waals surface area (Å²) in [4.78, 5) is 16.4. The molecular formula is C25H21F3N4O3. The van der Waals surface area contributed by atoms with Gasteiger partial charge in [-0.1, -0.05) is 12.1 Å². The van der Waals surface area contributed by atoms with Crippen molar-refractivity contribution in [3.8, 4) is 23.3 Å². The Morgan fingerprint density at radius 2 is 1.86 bits per heavy atom. The molecule has 7 nitrogen and oxygen atoms in total. The van der Waals surface area contributed by atoms with Crippen LogP contribution >= 0.6 is 0 Å². The first-order valence-electron chi connectivity index (χ1n) is 10.5. The van der Waals surface area contributed by atoms with E-state index in [-0.39, 0.29) is 29.8 Å². The van der Waals surface area contributed by atoms with Crippen molar-refractivity contribution in [1.82, 2.24) is 9.55 Å². The van der Waals surface area contributed by atoms with E-state index in [9.17, 15) is 28.3 Å². The van der Waals surface area contributed by atoms with E-state index in [1.807, 2.05) is 12.1 Å². The molecule has 0 aliphatic heterocycles. The quantitative estimate of drug-likeness (QED) is 0.509. The maximum Gasteiger partial charge on any atom is 0.420 e. The number of rotatable bonds is 6. The molecule has 3 aromatic rings. The summed E-state index contributed by atoms with van der Waals surface area (Å²) in [5.41, 5.74) is 1.26. The lowest BCUT2D eigenvalue weighted by molar-refractivity contribution is -0.208. The molecule has 35 heavy (non-hydrogen) atoms. The zero-order valence-corrected chi connectivity index (χ0v) is 19.1. The lowest BCUT2D eigenvalue weighted by Gasteiger charge is -2.19. The maximum atomic E-state index is 13.6. The summed E-state index contributed by atoms with van der Waals surface area (Å²) in [5, 5.41) is 29.1. The van der Waals surface area contributed by atoms with Crippen molar-refractivity contribution in [3.63, 3.8) is 0 Å². The first-order chi connectivity index (χ1) is 16.5. The van der Waals surface area contributed by atoms with Crippen LogP contribution in [-0.2, 0) is 11.3 Å². The highest BCUT2D eigenvalue weighted by atomic mass is 19.4. The van der Waals surface area contributed by atoms with E-state index < -0.39 is 23.9 Å². The minimum atomic E-state index is -5.03. The number of halogens is 3. The highest BCUT2D eigenvalue weighted by Crippen LogP contribution is 2.41. The minimum Gasteiger partial charge on any atom is -0.462 e. The Kier molecular flexibility index (Phi) is 7.28. The number of aryl methyl sites for hydroxylation is 1. The summed E-state index contributed by atoms with van der Waals surface area (Å²) in [6, 6.07) is 11.3. The van der Waals surface area contributed by atoms with E-state index >= 15 is 0 Å². The first kappa shape index (κ1) is 25.5. The minimum absolute atomic E-state index is 0.139. The molecule has 0 fully saturated rings. The molecule has 0 saturated heterocycles. The number of pyridine rings is 1. The molecule has 2 heterocycles. The molecule has 2 aromatic heterocycles. The van der Waals surface area contributed by atoms with Gasteiger partial charge in [-0.25, -0.2) is 4.79 Å². The van der Waals surface area contributed by atoms with Crippen LogP contribution in [0.15, 0.2) is 36.5 Å². The molecule has 0 bridgehead atoms. The van der Waals surface area contributed by atoms with Gasteiger partial charge in [0.1, 0.15) is 6.07 Å². The Bertz CT molecular complexity index is 1350. The van der Waals surface area contributed by atoms with Crippen LogP contribution in [-0.4, -0.2) is 33.4 Å². The van der Waals surface area contributed by atoms with Crippen LogP contribution in [0, 0.1) is 36.5 Å². The number of nitrogens with zero attached hydrogens (tertiary/aromatic N) is 4. The number of benzene rings is 1. The largest absolute Gasteiger partial charge is 0.462 e. The fraction of sp³-hybridized carbons (Fsp3) is 0.280. The average Bonchev–Trinajstić information content (AvgIpc) is 3.10. The summed E-state index contributed by atoms with van der Waals surface area (Å²) >= 11 is 0. The number of hydrogen-bond acceptors (Lipinski definition) is 6. The number of carbonyl (C=O) groups excluding carboxylic acids is 1. The van der Waals surface area contributed by atoms with Gasteiger partial charge >= 0.3 is 12.1 Å². The van der Waals surface area contributed by atoms with E-state index in [2.05, 4.69) is 4.98 Å². The highest BCUT2D eigenvalue weighted by Gasteiger charge is 2.44. The molecule has 0 aliphatic carbocycles. The van der Waals surface area contributed by atoms with E-state index in [1.54, 1.807) is 13.8 Å². The smallest absolute Gasteiger partial charge is 0.420 e. The monoisotopic (exact) mass is 482 g/mol. The van der Waals surface area contributed by atoms with Crippen molar-refractivity contribution in [2.75, 3.05) is 6.61 Å². The summed E-state index contributed by atoms with van der Waals surface area (Å²) in [7, 11) is 0. The Morgan fingerprint density at radius 1 is 1.20 bits per heavy atom. The van der Waals surface area contributed by atoms with Gasteiger partial charge in [-0.05, 0) is 50.1 Å². The van der Waals surface area contributed by atoms with E-state index in [4.69, 9.17) is 10.00 Å². The molecule has 0 radical (unpaired) electrons. The van der Waals surface area contributed by atoms with Gasteiger partial charge in [-0.2, -0.15) is 23.7 Å². The Balaban J connectivity index is 2.23. The van der Waals surface area contributed by atoms with Crippen LogP contribution in [0.1, 0.15) is 57.2 Å². The lowest BCUT2D eigenvalue weighted by atomic mass is 9.99. The van der Waals surface area contributed by atoms with Crippen LogP contribution in [0.25, 0.3) is 11.1 Å². The molecule has 0 saturated carbocycles. The fourth-order valence-electron chi connectivity index (χ4n) is 3.84. The molecule has 1 unspecified atom stereocenters. The normalized spacial score (nSPS) is 12.0. The fourth-order valence-corrected chi connectivity index (χ4v) is 3.84. The number of aliphatic hydroxyl groups excluding tert-OH is 1. The highest BCUT2D eigenvalue weighted by molar-refractivity contribution is 5.90. The lowest BCUT2D eigenvalue weighted by Crippen LogP contribution is -2.24. The van der Waals surface area contributed by atoms with Crippen molar-refractivity contribution in [2.24, 2.45) is 0 Å². The van der Waals surface area contributed by atoms with Crippen LogP contribution in [0.2, 0.25) is 0 Å². The number of alkyl halides is 3. The number of ether oxygens (including phenoxy) is 1. The van der Waals surface area contributed by atoms with Crippen LogP contribution in [0.5, 0.6) is 0 Å².